The Balaban J connectivity index is 1.55. The third kappa shape index (κ3) is 2.98. The molecule has 4 aromatic rings. The molecule has 0 bridgehead atoms. The summed E-state index contributed by atoms with van der Waals surface area (Å²) in [7, 11) is 0. The molecular weight excluding hydrogens is 356 g/mol. The highest BCUT2D eigenvalue weighted by molar-refractivity contribution is 7.13. The van der Waals surface area contributed by atoms with Crippen molar-refractivity contribution in [3.05, 3.63) is 53.4 Å². The second-order valence-corrected chi connectivity index (χ2v) is 7.79. The highest BCUT2D eigenvalue weighted by atomic mass is 32.1. The third-order valence-corrected chi connectivity index (χ3v) is 5.84. The number of fused-ring (bicyclic) bond motifs is 2. The van der Waals surface area contributed by atoms with Crippen LogP contribution in [0.2, 0.25) is 0 Å². The number of nitrogens with one attached hydrogen (secondary N) is 1. The maximum atomic E-state index is 4.84. The molecule has 136 valence electrons. The van der Waals surface area contributed by atoms with Gasteiger partial charge in [0.2, 0.25) is 0 Å². The minimum Gasteiger partial charge on any atom is -0.360 e. The van der Waals surface area contributed by atoms with E-state index in [0.717, 1.165) is 52.0 Å². The number of anilines is 1. The molecular formula is C20H20N6S. The Morgan fingerprint density at radius 3 is 2.89 bits per heavy atom. The molecule has 1 aliphatic rings. The van der Waals surface area contributed by atoms with Crippen LogP contribution in [0.15, 0.2) is 41.8 Å². The summed E-state index contributed by atoms with van der Waals surface area (Å²) in [6.07, 6.45) is 3.39. The van der Waals surface area contributed by atoms with Crippen molar-refractivity contribution < 1.29 is 0 Å². The largest absolute Gasteiger partial charge is 0.360 e. The third-order valence-electron chi connectivity index (χ3n) is 4.97. The van der Waals surface area contributed by atoms with Crippen molar-refractivity contribution in [1.82, 2.24) is 24.7 Å². The van der Waals surface area contributed by atoms with Gasteiger partial charge in [0.25, 0.3) is 0 Å². The lowest BCUT2D eigenvalue weighted by atomic mass is 10.1. The van der Waals surface area contributed by atoms with Crippen LogP contribution in [0.3, 0.4) is 0 Å². The molecule has 6 nitrogen and oxygen atoms in total. The molecule has 0 saturated heterocycles. The summed E-state index contributed by atoms with van der Waals surface area (Å²) in [4.78, 5) is 10.6. The molecule has 0 saturated carbocycles. The van der Waals surface area contributed by atoms with Gasteiger partial charge in [-0.1, -0.05) is 18.2 Å². The first-order valence-corrected chi connectivity index (χ1v) is 10.2. The van der Waals surface area contributed by atoms with E-state index >= 15 is 0 Å². The van der Waals surface area contributed by atoms with Crippen LogP contribution in [0.1, 0.15) is 37.5 Å². The van der Waals surface area contributed by atoms with Crippen molar-refractivity contribution in [2.45, 2.75) is 38.8 Å². The molecule has 1 N–H and O–H groups in total. The van der Waals surface area contributed by atoms with Gasteiger partial charge in [-0.15, -0.1) is 21.5 Å². The van der Waals surface area contributed by atoms with E-state index in [9.17, 15) is 0 Å². The zero-order valence-electron chi connectivity index (χ0n) is 15.1. The maximum Gasteiger partial charge on any atom is 0.172 e. The van der Waals surface area contributed by atoms with Crippen LogP contribution in [0, 0.1) is 0 Å². The highest BCUT2D eigenvalue weighted by Crippen LogP contribution is 2.29. The lowest BCUT2D eigenvalue weighted by Gasteiger charge is -2.20. The zero-order valence-corrected chi connectivity index (χ0v) is 15.9. The van der Waals surface area contributed by atoms with E-state index in [0.29, 0.717) is 0 Å². The molecule has 0 amide bonds. The van der Waals surface area contributed by atoms with Crippen LogP contribution in [-0.2, 0) is 13.0 Å². The molecule has 27 heavy (non-hydrogen) atoms. The summed E-state index contributed by atoms with van der Waals surface area (Å²) >= 11 is 1.65. The first kappa shape index (κ1) is 16.4. The fraction of sp³-hybridized carbons (Fsp3) is 0.300. The molecule has 0 spiro atoms. The zero-order chi connectivity index (χ0) is 18.2. The predicted molar refractivity (Wildman–Crippen MR) is 108 cm³/mol. The van der Waals surface area contributed by atoms with E-state index in [2.05, 4.69) is 39.1 Å². The number of thiophene rings is 1. The van der Waals surface area contributed by atoms with Gasteiger partial charge in [-0.25, -0.2) is 9.97 Å². The van der Waals surface area contributed by atoms with Crippen molar-refractivity contribution in [2.75, 3.05) is 5.32 Å². The fourth-order valence-corrected chi connectivity index (χ4v) is 4.28. The summed E-state index contributed by atoms with van der Waals surface area (Å²) in [5.74, 6) is 3.66. The smallest absolute Gasteiger partial charge is 0.172 e. The Morgan fingerprint density at radius 1 is 1.07 bits per heavy atom. The van der Waals surface area contributed by atoms with Gasteiger partial charge in [0.15, 0.2) is 11.6 Å². The van der Waals surface area contributed by atoms with Crippen LogP contribution in [0.25, 0.3) is 21.6 Å². The highest BCUT2D eigenvalue weighted by Gasteiger charge is 2.21. The normalized spacial score (nSPS) is 14.9. The number of rotatable bonds is 4. The number of aryl methyl sites for hydroxylation is 1. The Morgan fingerprint density at radius 2 is 2.00 bits per heavy atom. The van der Waals surface area contributed by atoms with Crippen LogP contribution in [0.5, 0.6) is 0 Å². The van der Waals surface area contributed by atoms with Gasteiger partial charge in [-0.3, -0.25) is 0 Å². The van der Waals surface area contributed by atoms with Gasteiger partial charge in [-0.2, -0.15) is 0 Å². The minimum absolute atomic E-state index is 0.0128. The topological polar surface area (TPSA) is 68.5 Å². The van der Waals surface area contributed by atoms with Crippen molar-refractivity contribution in [3.63, 3.8) is 0 Å². The van der Waals surface area contributed by atoms with Crippen molar-refractivity contribution >= 4 is 28.1 Å². The SMILES string of the molecule is CC(Nc1nc(-c2cccs2)nc2ccccc12)c1nnc2n1CCCC2. The molecule has 7 heteroatoms. The van der Waals surface area contributed by atoms with Gasteiger partial charge in [0.05, 0.1) is 16.4 Å². The molecule has 0 aliphatic carbocycles. The quantitative estimate of drug-likeness (QED) is 0.569. The number of hydrogen-bond acceptors (Lipinski definition) is 6. The number of nitrogens with zero attached hydrogens (tertiary/aromatic N) is 5. The molecule has 1 aliphatic heterocycles. The van der Waals surface area contributed by atoms with Crippen molar-refractivity contribution in [2.24, 2.45) is 0 Å². The maximum absolute atomic E-state index is 4.84. The van der Waals surface area contributed by atoms with E-state index in [1.54, 1.807) is 11.3 Å². The van der Waals surface area contributed by atoms with Crippen LogP contribution in [0.4, 0.5) is 5.82 Å². The first-order chi connectivity index (χ1) is 13.3. The summed E-state index contributed by atoms with van der Waals surface area (Å²) in [6.45, 7) is 3.11. The number of hydrogen-bond donors (Lipinski definition) is 1. The molecule has 1 unspecified atom stereocenters. The summed E-state index contributed by atoms with van der Waals surface area (Å²) in [6, 6.07) is 12.2. The van der Waals surface area contributed by atoms with E-state index < -0.39 is 0 Å². The molecule has 5 rings (SSSR count). The van der Waals surface area contributed by atoms with Gasteiger partial charge in [-0.05, 0) is 43.3 Å². The number of para-hydroxylation sites is 1. The first-order valence-electron chi connectivity index (χ1n) is 9.29. The minimum atomic E-state index is 0.0128. The summed E-state index contributed by atoms with van der Waals surface area (Å²) in [5.41, 5.74) is 0.939. The molecule has 4 heterocycles. The van der Waals surface area contributed by atoms with Crippen LogP contribution >= 0.6 is 11.3 Å². The van der Waals surface area contributed by atoms with Gasteiger partial charge >= 0.3 is 0 Å². The van der Waals surface area contributed by atoms with E-state index in [1.807, 2.05) is 29.6 Å². The standard InChI is InChI=1S/C20H20N6S/c1-13(20-25-24-17-10-4-5-11-26(17)20)21-18-14-7-2-3-8-15(14)22-19(23-18)16-9-6-12-27-16/h2-3,6-9,12-13H,4-5,10-11H2,1H3,(H,21,22,23). The Bertz CT molecular complexity index is 1090. The van der Waals surface area contributed by atoms with Crippen LogP contribution in [-0.4, -0.2) is 24.7 Å². The molecule has 1 aromatic carbocycles. The monoisotopic (exact) mass is 376 g/mol. The second-order valence-electron chi connectivity index (χ2n) is 6.84. The predicted octanol–water partition coefficient (Wildman–Crippen LogP) is 4.46. The lowest BCUT2D eigenvalue weighted by molar-refractivity contribution is 0.500. The Labute approximate surface area is 161 Å². The van der Waals surface area contributed by atoms with E-state index in [-0.39, 0.29) is 6.04 Å². The van der Waals surface area contributed by atoms with Gasteiger partial charge in [0.1, 0.15) is 11.6 Å². The molecule has 0 fully saturated rings. The van der Waals surface area contributed by atoms with E-state index in [1.165, 1.54) is 12.8 Å². The Kier molecular flexibility index (Phi) is 4.09. The average Bonchev–Trinajstić information content (AvgIpc) is 3.38. The van der Waals surface area contributed by atoms with Crippen molar-refractivity contribution in [3.8, 4) is 10.7 Å². The molecule has 0 radical (unpaired) electrons. The molecule has 3 aromatic heterocycles. The summed E-state index contributed by atoms with van der Waals surface area (Å²) in [5, 5.41) is 15.5. The Hall–Kier alpha value is -2.80. The molecule has 1 atom stereocenters. The number of aromatic nitrogens is 5. The number of benzene rings is 1. The van der Waals surface area contributed by atoms with Gasteiger partial charge in [0, 0.05) is 18.4 Å². The second kappa shape index (κ2) is 6.74. The summed E-state index contributed by atoms with van der Waals surface area (Å²) < 4.78 is 2.25. The van der Waals surface area contributed by atoms with Crippen LogP contribution < -0.4 is 5.32 Å². The van der Waals surface area contributed by atoms with Gasteiger partial charge < -0.3 is 9.88 Å². The average molecular weight is 376 g/mol. The van der Waals surface area contributed by atoms with Crippen molar-refractivity contribution in [1.29, 1.82) is 0 Å². The van der Waals surface area contributed by atoms with E-state index in [4.69, 9.17) is 9.97 Å². The lowest BCUT2D eigenvalue weighted by Crippen LogP contribution is -2.18. The fourth-order valence-electron chi connectivity index (χ4n) is 3.62.